The van der Waals surface area contributed by atoms with E-state index in [0.717, 1.165) is 53.4 Å². The lowest BCUT2D eigenvalue weighted by atomic mass is 9.91. The summed E-state index contributed by atoms with van der Waals surface area (Å²) in [7, 11) is 0. The van der Waals surface area contributed by atoms with Crippen molar-refractivity contribution < 1.29 is 4.79 Å². The van der Waals surface area contributed by atoms with Crippen molar-refractivity contribution in [3.8, 4) is 0 Å². The Hall–Kier alpha value is -2.79. The first-order valence-corrected chi connectivity index (χ1v) is 9.97. The van der Waals surface area contributed by atoms with Gasteiger partial charge in [-0.25, -0.2) is 4.98 Å². The maximum Gasteiger partial charge on any atom is 0.270 e. The Morgan fingerprint density at radius 1 is 1.18 bits per heavy atom. The van der Waals surface area contributed by atoms with E-state index in [0.29, 0.717) is 12.1 Å². The Labute approximate surface area is 165 Å². The molecule has 2 heterocycles. The van der Waals surface area contributed by atoms with Gasteiger partial charge in [0.15, 0.2) is 0 Å². The molecule has 1 saturated carbocycles. The lowest BCUT2D eigenvalue weighted by Crippen LogP contribution is -2.49. The highest BCUT2D eigenvalue weighted by molar-refractivity contribution is 5.96. The van der Waals surface area contributed by atoms with Crippen molar-refractivity contribution in [2.45, 2.75) is 51.1 Å². The van der Waals surface area contributed by atoms with Crippen LogP contribution in [0.2, 0.25) is 0 Å². The molecule has 1 aliphatic carbocycles. The minimum atomic E-state index is -0.142. The number of nitrogens with one attached hydrogen (secondary N) is 1. The molecule has 1 aromatic carbocycles. The van der Waals surface area contributed by atoms with Gasteiger partial charge in [-0.1, -0.05) is 37.1 Å². The first-order chi connectivity index (χ1) is 13.6. The minimum Gasteiger partial charge on any atom is -0.346 e. The molecule has 0 radical (unpaired) electrons. The van der Waals surface area contributed by atoms with Gasteiger partial charge in [0.05, 0.1) is 5.52 Å². The van der Waals surface area contributed by atoms with Crippen molar-refractivity contribution in [2.75, 3.05) is 0 Å². The average Bonchev–Trinajstić information content (AvgIpc) is 2.71. The van der Waals surface area contributed by atoms with E-state index in [1.54, 1.807) is 0 Å². The van der Waals surface area contributed by atoms with Crippen LogP contribution in [0.5, 0.6) is 0 Å². The van der Waals surface area contributed by atoms with Crippen LogP contribution in [-0.4, -0.2) is 28.0 Å². The SMILES string of the molecule is Cc1ccc(Cc2cc(C(=O)N[C@H]3CCCC[C@@H]3N)nc3ccccc23)cn1. The molecule has 144 valence electrons. The monoisotopic (exact) mass is 374 g/mol. The van der Waals surface area contributed by atoms with Crippen LogP contribution < -0.4 is 11.1 Å². The number of para-hydroxylation sites is 1. The van der Waals surface area contributed by atoms with E-state index in [1.165, 1.54) is 0 Å². The van der Waals surface area contributed by atoms with Gasteiger partial charge in [0.25, 0.3) is 5.91 Å². The van der Waals surface area contributed by atoms with E-state index >= 15 is 0 Å². The number of hydrogen-bond acceptors (Lipinski definition) is 4. The quantitative estimate of drug-likeness (QED) is 0.732. The van der Waals surface area contributed by atoms with Crippen LogP contribution in [0, 0.1) is 6.92 Å². The third-order valence-corrected chi connectivity index (χ3v) is 5.54. The number of benzene rings is 1. The van der Waals surface area contributed by atoms with Crippen LogP contribution in [-0.2, 0) is 6.42 Å². The summed E-state index contributed by atoms with van der Waals surface area (Å²) < 4.78 is 0. The number of nitrogens with two attached hydrogens (primary N) is 1. The number of carbonyl (C=O) groups excluding carboxylic acids is 1. The van der Waals surface area contributed by atoms with Gasteiger partial charge in [0.1, 0.15) is 5.69 Å². The molecular weight excluding hydrogens is 348 g/mol. The van der Waals surface area contributed by atoms with Crippen LogP contribution in [0.3, 0.4) is 0 Å². The van der Waals surface area contributed by atoms with Gasteiger partial charge in [-0.15, -0.1) is 0 Å². The smallest absolute Gasteiger partial charge is 0.270 e. The Bertz CT molecular complexity index is 984. The fourth-order valence-corrected chi connectivity index (χ4v) is 3.91. The van der Waals surface area contributed by atoms with Crippen molar-refractivity contribution in [3.05, 3.63) is 71.2 Å². The molecule has 0 unspecified atom stereocenters. The van der Waals surface area contributed by atoms with Gasteiger partial charge < -0.3 is 11.1 Å². The highest BCUT2D eigenvalue weighted by Gasteiger charge is 2.24. The number of nitrogens with zero attached hydrogens (tertiary/aromatic N) is 2. The standard InChI is InChI=1S/C23H26N4O/c1-15-10-11-16(14-25-15)12-17-13-22(26-20-8-4-2-6-18(17)20)23(28)27-21-9-5-3-7-19(21)24/h2,4,6,8,10-11,13-14,19,21H,3,5,7,9,12,24H2,1H3,(H,27,28)/t19-,21-/m0/s1. The number of hydrogen-bond donors (Lipinski definition) is 2. The minimum absolute atomic E-state index is 0.0243. The zero-order valence-corrected chi connectivity index (χ0v) is 16.2. The molecule has 28 heavy (non-hydrogen) atoms. The third-order valence-electron chi connectivity index (χ3n) is 5.54. The number of carbonyl (C=O) groups is 1. The third kappa shape index (κ3) is 4.04. The predicted molar refractivity (Wildman–Crippen MR) is 111 cm³/mol. The van der Waals surface area contributed by atoms with Gasteiger partial charge >= 0.3 is 0 Å². The molecule has 1 fully saturated rings. The normalized spacial score (nSPS) is 19.5. The van der Waals surface area contributed by atoms with E-state index in [4.69, 9.17) is 5.73 Å². The molecule has 0 saturated heterocycles. The molecule has 5 heteroatoms. The molecule has 0 spiro atoms. The van der Waals surface area contributed by atoms with Gasteiger partial charge in [-0.3, -0.25) is 9.78 Å². The number of aromatic nitrogens is 2. The highest BCUT2D eigenvalue weighted by atomic mass is 16.1. The molecule has 1 amide bonds. The first kappa shape index (κ1) is 18.6. The first-order valence-electron chi connectivity index (χ1n) is 9.97. The van der Waals surface area contributed by atoms with Crippen molar-refractivity contribution in [2.24, 2.45) is 5.73 Å². The largest absolute Gasteiger partial charge is 0.346 e. The number of rotatable bonds is 4. The lowest BCUT2D eigenvalue weighted by Gasteiger charge is -2.29. The zero-order valence-electron chi connectivity index (χ0n) is 16.2. The summed E-state index contributed by atoms with van der Waals surface area (Å²) in [5.74, 6) is -0.142. The summed E-state index contributed by atoms with van der Waals surface area (Å²) in [6.07, 6.45) is 6.74. The number of aryl methyl sites for hydroxylation is 1. The average molecular weight is 374 g/mol. The summed E-state index contributed by atoms with van der Waals surface area (Å²) in [6, 6.07) is 14.0. The highest BCUT2D eigenvalue weighted by Crippen LogP contribution is 2.22. The summed E-state index contributed by atoms with van der Waals surface area (Å²) in [6.45, 7) is 1.98. The Morgan fingerprint density at radius 3 is 2.79 bits per heavy atom. The van der Waals surface area contributed by atoms with Gasteiger partial charge in [0, 0.05) is 29.4 Å². The van der Waals surface area contributed by atoms with Crippen molar-refractivity contribution in [1.82, 2.24) is 15.3 Å². The molecule has 1 aliphatic rings. The maximum absolute atomic E-state index is 12.9. The summed E-state index contributed by atoms with van der Waals surface area (Å²) >= 11 is 0. The number of pyridine rings is 2. The molecule has 3 N–H and O–H groups in total. The topological polar surface area (TPSA) is 80.9 Å². The van der Waals surface area contributed by atoms with Crippen molar-refractivity contribution in [1.29, 1.82) is 0 Å². The molecular formula is C23H26N4O. The second-order valence-electron chi connectivity index (χ2n) is 7.70. The van der Waals surface area contributed by atoms with Crippen molar-refractivity contribution in [3.63, 3.8) is 0 Å². The second kappa shape index (κ2) is 8.07. The van der Waals surface area contributed by atoms with Crippen LogP contribution in [0.1, 0.15) is 53.0 Å². The number of amides is 1. The molecule has 3 aromatic rings. The molecule has 0 bridgehead atoms. The molecule has 2 aromatic heterocycles. The predicted octanol–water partition coefficient (Wildman–Crippen LogP) is 3.53. The summed E-state index contributed by atoms with van der Waals surface area (Å²) in [4.78, 5) is 21.9. The molecule has 4 rings (SSSR count). The molecule has 2 atom stereocenters. The van der Waals surface area contributed by atoms with Crippen LogP contribution >= 0.6 is 0 Å². The van der Waals surface area contributed by atoms with Crippen LogP contribution in [0.25, 0.3) is 10.9 Å². The summed E-state index contributed by atoms with van der Waals surface area (Å²) in [5, 5.41) is 4.17. The molecule has 0 aliphatic heterocycles. The maximum atomic E-state index is 12.9. The van der Waals surface area contributed by atoms with E-state index in [2.05, 4.69) is 27.4 Å². The Kier molecular flexibility index (Phi) is 5.35. The van der Waals surface area contributed by atoms with E-state index in [9.17, 15) is 4.79 Å². The second-order valence-corrected chi connectivity index (χ2v) is 7.70. The van der Waals surface area contributed by atoms with E-state index < -0.39 is 0 Å². The fourth-order valence-electron chi connectivity index (χ4n) is 3.91. The number of fused-ring (bicyclic) bond motifs is 1. The lowest BCUT2D eigenvalue weighted by molar-refractivity contribution is 0.0916. The van der Waals surface area contributed by atoms with E-state index in [1.807, 2.05) is 43.5 Å². The van der Waals surface area contributed by atoms with Crippen molar-refractivity contribution >= 4 is 16.8 Å². The van der Waals surface area contributed by atoms with Gasteiger partial charge in [-0.2, -0.15) is 0 Å². The summed E-state index contributed by atoms with van der Waals surface area (Å²) in [5.41, 5.74) is 10.7. The Morgan fingerprint density at radius 2 is 2.00 bits per heavy atom. The van der Waals surface area contributed by atoms with Crippen LogP contribution in [0.15, 0.2) is 48.7 Å². The van der Waals surface area contributed by atoms with Gasteiger partial charge in [-0.05, 0) is 55.5 Å². The molecule has 5 nitrogen and oxygen atoms in total. The van der Waals surface area contributed by atoms with Crippen LogP contribution in [0.4, 0.5) is 0 Å². The fraction of sp³-hybridized carbons (Fsp3) is 0.348. The van der Waals surface area contributed by atoms with Gasteiger partial charge in [0.2, 0.25) is 0 Å². The zero-order chi connectivity index (χ0) is 19.5. The Balaban J connectivity index is 1.65. The van der Waals surface area contributed by atoms with E-state index in [-0.39, 0.29) is 18.0 Å².